The number of benzene rings is 1. The van der Waals surface area contributed by atoms with Gasteiger partial charge in [0.15, 0.2) is 11.6 Å². The van der Waals surface area contributed by atoms with Crippen LogP contribution in [0.25, 0.3) is 0 Å². The summed E-state index contributed by atoms with van der Waals surface area (Å²) in [5.41, 5.74) is -0.962. The van der Waals surface area contributed by atoms with Crippen LogP contribution >= 0.6 is 0 Å². The number of rotatable bonds is 4. The normalized spacial score (nSPS) is 16.4. The third-order valence-electron chi connectivity index (χ3n) is 3.24. The zero-order valence-corrected chi connectivity index (χ0v) is 11.6. The van der Waals surface area contributed by atoms with Crippen molar-refractivity contribution < 1.29 is 31.5 Å². The highest BCUT2D eigenvalue weighted by molar-refractivity contribution is 5.96. The molecule has 0 bridgehead atoms. The molecule has 1 saturated heterocycles. The van der Waals surface area contributed by atoms with Gasteiger partial charge in [-0.25, -0.2) is 13.6 Å². The minimum absolute atomic E-state index is 0.0321. The third kappa shape index (κ3) is 3.76. The lowest BCUT2D eigenvalue weighted by molar-refractivity contribution is -0.159. The first-order chi connectivity index (χ1) is 10.7. The Hall–Kier alpha value is -2.23. The van der Waals surface area contributed by atoms with Crippen LogP contribution in [0, 0.1) is 11.6 Å². The lowest BCUT2D eigenvalue weighted by atomic mass is 10.1. The SMILES string of the molecule is O=C(CNC(c1cccc(F)c1F)C(F)(F)F)N1CCNC1=O. The fraction of sp³-hybridized carbons (Fsp3) is 0.385. The van der Waals surface area contributed by atoms with Crippen LogP contribution in [-0.4, -0.2) is 42.6 Å². The van der Waals surface area contributed by atoms with E-state index in [1.54, 1.807) is 0 Å². The average Bonchev–Trinajstić information content (AvgIpc) is 2.88. The van der Waals surface area contributed by atoms with Gasteiger partial charge in [0.25, 0.3) is 0 Å². The van der Waals surface area contributed by atoms with Crippen LogP contribution in [0.4, 0.5) is 26.7 Å². The molecule has 126 valence electrons. The monoisotopic (exact) mass is 337 g/mol. The van der Waals surface area contributed by atoms with Crippen molar-refractivity contribution in [3.63, 3.8) is 0 Å². The van der Waals surface area contributed by atoms with Gasteiger partial charge < -0.3 is 5.32 Å². The molecule has 2 rings (SSSR count). The Kier molecular flexibility index (Phi) is 4.83. The molecular formula is C13H12F5N3O2. The van der Waals surface area contributed by atoms with Gasteiger partial charge in [0.1, 0.15) is 6.04 Å². The lowest BCUT2D eigenvalue weighted by Crippen LogP contribution is -2.44. The van der Waals surface area contributed by atoms with E-state index in [0.717, 1.165) is 17.0 Å². The highest BCUT2D eigenvalue weighted by atomic mass is 19.4. The number of nitrogens with zero attached hydrogens (tertiary/aromatic N) is 1. The quantitative estimate of drug-likeness (QED) is 0.823. The van der Waals surface area contributed by atoms with Crippen LogP contribution in [0.5, 0.6) is 0 Å². The van der Waals surface area contributed by atoms with E-state index in [1.807, 2.05) is 5.32 Å². The number of hydrogen-bond donors (Lipinski definition) is 2. The summed E-state index contributed by atoms with van der Waals surface area (Å²) in [5.74, 6) is -3.97. The summed E-state index contributed by atoms with van der Waals surface area (Å²) in [7, 11) is 0. The predicted molar refractivity (Wildman–Crippen MR) is 68.3 cm³/mol. The maximum atomic E-state index is 13.6. The second-order valence-electron chi connectivity index (χ2n) is 4.78. The first-order valence-electron chi connectivity index (χ1n) is 6.54. The molecule has 0 aliphatic carbocycles. The zero-order valence-electron chi connectivity index (χ0n) is 11.6. The van der Waals surface area contributed by atoms with Gasteiger partial charge in [0.05, 0.1) is 6.54 Å². The van der Waals surface area contributed by atoms with Gasteiger partial charge in [-0.05, 0) is 6.07 Å². The number of amides is 3. The van der Waals surface area contributed by atoms with Gasteiger partial charge in [-0.3, -0.25) is 15.0 Å². The molecule has 0 spiro atoms. The topological polar surface area (TPSA) is 61.4 Å². The molecule has 23 heavy (non-hydrogen) atoms. The molecule has 1 fully saturated rings. The molecule has 1 aromatic carbocycles. The molecule has 3 amide bonds. The van der Waals surface area contributed by atoms with Crippen molar-refractivity contribution in [1.82, 2.24) is 15.5 Å². The van der Waals surface area contributed by atoms with Crippen molar-refractivity contribution in [2.75, 3.05) is 19.6 Å². The van der Waals surface area contributed by atoms with Crippen molar-refractivity contribution >= 4 is 11.9 Å². The summed E-state index contributed by atoms with van der Waals surface area (Å²) < 4.78 is 65.9. The van der Waals surface area contributed by atoms with Crippen molar-refractivity contribution in [3.8, 4) is 0 Å². The zero-order chi connectivity index (χ0) is 17.2. The molecule has 5 nitrogen and oxygen atoms in total. The van der Waals surface area contributed by atoms with Gasteiger partial charge in [-0.15, -0.1) is 0 Å². The Morgan fingerprint density at radius 3 is 2.61 bits per heavy atom. The number of alkyl halides is 3. The molecule has 1 heterocycles. The third-order valence-corrected chi connectivity index (χ3v) is 3.24. The summed E-state index contributed by atoms with van der Waals surface area (Å²) >= 11 is 0. The minimum atomic E-state index is -4.96. The first kappa shape index (κ1) is 17.1. The lowest BCUT2D eigenvalue weighted by Gasteiger charge is -2.23. The molecule has 0 radical (unpaired) electrons. The van der Waals surface area contributed by atoms with E-state index in [2.05, 4.69) is 5.32 Å². The molecule has 0 aromatic heterocycles. The van der Waals surface area contributed by atoms with Gasteiger partial charge in [0, 0.05) is 18.7 Å². The number of halogens is 5. The van der Waals surface area contributed by atoms with Crippen LogP contribution in [0.15, 0.2) is 18.2 Å². The fourth-order valence-electron chi connectivity index (χ4n) is 2.14. The summed E-state index contributed by atoms with van der Waals surface area (Å²) in [6, 6.07) is -0.892. The number of urea groups is 1. The highest BCUT2D eigenvalue weighted by Gasteiger charge is 2.43. The number of carbonyl (C=O) groups excluding carboxylic acids is 2. The number of nitrogens with one attached hydrogen (secondary N) is 2. The smallest absolute Gasteiger partial charge is 0.336 e. The van der Waals surface area contributed by atoms with Crippen molar-refractivity contribution in [1.29, 1.82) is 0 Å². The summed E-state index contributed by atoms with van der Waals surface area (Å²) in [4.78, 5) is 23.7. The number of carbonyl (C=O) groups is 2. The predicted octanol–water partition coefficient (Wildman–Crippen LogP) is 1.71. The van der Waals surface area contributed by atoms with E-state index in [0.29, 0.717) is 6.07 Å². The van der Waals surface area contributed by atoms with E-state index < -0.39 is 47.9 Å². The minimum Gasteiger partial charge on any atom is -0.336 e. The Morgan fingerprint density at radius 2 is 2.04 bits per heavy atom. The van der Waals surface area contributed by atoms with Gasteiger partial charge in [-0.2, -0.15) is 13.2 Å². The molecule has 1 atom stereocenters. The van der Waals surface area contributed by atoms with Crippen LogP contribution in [0.2, 0.25) is 0 Å². The van der Waals surface area contributed by atoms with Gasteiger partial charge in [-0.1, -0.05) is 12.1 Å². The van der Waals surface area contributed by atoms with E-state index >= 15 is 0 Å². The van der Waals surface area contributed by atoms with Gasteiger partial charge >= 0.3 is 12.2 Å². The van der Waals surface area contributed by atoms with Crippen LogP contribution in [0.1, 0.15) is 11.6 Å². The maximum Gasteiger partial charge on any atom is 0.408 e. The van der Waals surface area contributed by atoms with Crippen LogP contribution in [0.3, 0.4) is 0 Å². The first-order valence-corrected chi connectivity index (χ1v) is 6.54. The summed E-state index contributed by atoms with van der Waals surface area (Å²) in [6.45, 7) is -0.621. The molecule has 10 heteroatoms. The average molecular weight is 337 g/mol. The molecule has 1 aliphatic rings. The number of hydrogen-bond acceptors (Lipinski definition) is 3. The van der Waals surface area contributed by atoms with Crippen molar-refractivity contribution in [3.05, 3.63) is 35.4 Å². The van der Waals surface area contributed by atoms with Gasteiger partial charge in [0.2, 0.25) is 5.91 Å². The van der Waals surface area contributed by atoms with Crippen LogP contribution < -0.4 is 10.6 Å². The second kappa shape index (κ2) is 6.49. The Labute approximate surface area is 127 Å². The fourth-order valence-corrected chi connectivity index (χ4v) is 2.14. The summed E-state index contributed by atoms with van der Waals surface area (Å²) in [6.07, 6.45) is -4.96. The Bertz CT molecular complexity index is 620. The van der Waals surface area contributed by atoms with Crippen molar-refractivity contribution in [2.45, 2.75) is 12.2 Å². The van der Waals surface area contributed by atoms with Crippen LogP contribution in [-0.2, 0) is 4.79 Å². The molecule has 0 saturated carbocycles. The van der Waals surface area contributed by atoms with Crippen molar-refractivity contribution in [2.24, 2.45) is 0 Å². The van der Waals surface area contributed by atoms with E-state index in [1.165, 1.54) is 0 Å². The second-order valence-corrected chi connectivity index (χ2v) is 4.78. The molecule has 2 N–H and O–H groups in total. The molecule has 1 aliphatic heterocycles. The van der Waals surface area contributed by atoms with E-state index in [9.17, 15) is 31.5 Å². The molecular weight excluding hydrogens is 325 g/mol. The largest absolute Gasteiger partial charge is 0.408 e. The Balaban J connectivity index is 2.16. The molecule has 1 unspecified atom stereocenters. The maximum absolute atomic E-state index is 13.6. The highest BCUT2D eigenvalue weighted by Crippen LogP contribution is 2.34. The van der Waals surface area contributed by atoms with E-state index in [4.69, 9.17) is 0 Å². The number of imide groups is 1. The summed E-state index contributed by atoms with van der Waals surface area (Å²) in [5, 5.41) is 4.16. The standard InChI is InChI=1S/C13H12F5N3O2/c14-8-3-1-2-7(10(8)15)11(13(16,17)18)20-6-9(22)21-5-4-19-12(21)23/h1-3,11,20H,4-6H2,(H,19,23). The van der Waals surface area contributed by atoms with E-state index in [-0.39, 0.29) is 13.1 Å². The Morgan fingerprint density at radius 1 is 1.35 bits per heavy atom. The molecule has 1 aromatic rings.